The molecule has 0 atom stereocenters. The van der Waals surface area contributed by atoms with Gasteiger partial charge in [-0.2, -0.15) is 11.8 Å². The first-order valence-corrected chi connectivity index (χ1v) is 6.29. The number of benzene rings is 1. The third-order valence-corrected chi connectivity index (χ3v) is 2.72. The van der Waals surface area contributed by atoms with E-state index in [9.17, 15) is 4.79 Å². The number of para-hydroxylation sites is 1. The topological polar surface area (TPSA) is 64.3 Å². The highest BCUT2D eigenvalue weighted by molar-refractivity contribution is 7.98. The van der Waals surface area contributed by atoms with Crippen LogP contribution >= 0.6 is 11.8 Å². The molecule has 0 spiro atoms. The van der Waals surface area contributed by atoms with Crippen molar-refractivity contribution in [3.8, 4) is 0 Å². The van der Waals surface area contributed by atoms with E-state index in [0.717, 1.165) is 12.3 Å². The molecule has 0 aliphatic heterocycles. The minimum absolute atomic E-state index is 0.376. The molecular weight excluding hydrogens is 224 g/mol. The van der Waals surface area contributed by atoms with Crippen LogP contribution in [0.5, 0.6) is 0 Å². The zero-order valence-corrected chi connectivity index (χ0v) is 10.3. The van der Waals surface area contributed by atoms with Crippen molar-refractivity contribution < 1.29 is 9.53 Å². The molecule has 0 aromatic heterocycles. The fraction of sp³-hybridized carbons (Fsp3) is 0.364. The van der Waals surface area contributed by atoms with Crippen LogP contribution in [-0.4, -0.2) is 31.6 Å². The van der Waals surface area contributed by atoms with Crippen molar-refractivity contribution in [1.29, 1.82) is 0 Å². The van der Waals surface area contributed by atoms with Gasteiger partial charge in [0.1, 0.15) is 0 Å². The fourth-order valence-electron chi connectivity index (χ4n) is 1.33. The van der Waals surface area contributed by atoms with Crippen molar-refractivity contribution in [1.82, 2.24) is 0 Å². The van der Waals surface area contributed by atoms with E-state index in [4.69, 9.17) is 10.5 Å². The molecule has 0 radical (unpaired) electrons. The Kier molecular flexibility index (Phi) is 4.98. The Labute approximate surface area is 99.5 Å². The number of esters is 1. The quantitative estimate of drug-likeness (QED) is 0.467. The van der Waals surface area contributed by atoms with E-state index in [1.165, 1.54) is 7.11 Å². The number of methoxy groups -OCH3 is 1. The van der Waals surface area contributed by atoms with E-state index in [2.05, 4.69) is 5.32 Å². The molecule has 0 aliphatic carbocycles. The molecule has 1 aromatic rings. The summed E-state index contributed by atoms with van der Waals surface area (Å²) in [5.74, 6) is 0.577. The van der Waals surface area contributed by atoms with Crippen LogP contribution in [0.1, 0.15) is 10.4 Å². The average molecular weight is 240 g/mol. The van der Waals surface area contributed by atoms with E-state index in [0.29, 0.717) is 16.9 Å². The monoisotopic (exact) mass is 240 g/mol. The first kappa shape index (κ1) is 12.7. The maximum absolute atomic E-state index is 11.5. The number of anilines is 2. The molecule has 0 saturated carbocycles. The van der Waals surface area contributed by atoms with Crippen molar-refractivity contribution in [3.63, 3.8) is 0 Å². The first-order chi connectivity index (χ1) is 7.70. The number of nitrogens with two attached hydrogens (primary N) is 1. The molecular formula is C11H16N2O2S. The summed E-state index contributed by atoms with van der Waals surface area (Å²) in [7, 11) is 1.36. The smallest absolute Gasteiger partial charge is 0.340 e. The van der Waals surface area contributed by atoms with Crippen LogP contribution in [0.4, 0.5) is 11.4 Å². The molecule has 1 aromatic carbocycles. The molecule has 88 valence electrons. The van der Waals surface area contributed by atoms with Gasteiger partial charge >= 0.3 is 5.97 Å². The van der Waals surface area contributed by atoms with Crippen LogP contribution in [0.2, 0.25) is 0 Å². The summed E-state index contributed by atoms with van der Waals surface area (Å²) in [6, 6.07) is 5.19. The molecule has 1 rings (SSSR count). The summed E-state index contributed by atoms with van der Waals surface area (Å²) in [5.41, 5.74) is 7.51. The Morgan fingerprint density at radius 2 is 2.31 bits per heavy atom. The number of hydrogen-bond donors (Lipinski definition) is 2. The van der Waals surface area contributed by atoms with Crippen LogP contribution in [-0.2, 0) is 4.74 Å². The molecule has 0 unspecified atom stereocenters. The van der Waals surface area contributed by atoms with Crippen molar-refractivity contribution in [3.05, 3.63) is 23.8 Å². The van der Waals surface area contributed by atoms with Gasteiger partial charge in [0.15, 0.2) is 0 Å². The predicted molar refractivity (Wildman–Crippen MR) is 69.1 cm³/mol. The molecule has 0 amide bonds. The van der Waals surface area contributed by atoms with Gasteiger partial charge in [0, 0.05) is 12.3 Å². The molecule has 0 heterocycles. The van der Waals surface area contributed by atoms with E-state index in [-0.39, 0.29) is 5.97 Å². The van der Waals surface area contributed by atoms with Gasteiger partial charge in [-0.15, -0.1) is 0 Å². The standard InChI is InChI=1S/C11H16N2O2S/c1-15-11(14)8-4-3-5-9(12)10(8)13-6-7-16-2/h3-5,13H,6-7,12H2,1-2H3. The second kappa shape index (κ2) is 6.27. The van der Waals surface area contributed by atoms with E-state index >= 15 is 0 Å². The van der Waals surface area contributed by atoms with Gasteiger partial charge in [-0.05, 0) is 18.4 Å². The van der Waals surface area contributed by atoms with Crippen molar-refractivity contribution in [2.45, 2.75) is 0 Å². The van der Waals surface area contributed by atoms with Gasteiger partial charge in [-0.25, -0.2) is 4.79 Å². The minimum atomic E-state index is -0.376. The van der Waals surface area contributed by atoms with E-state index in [1.807, 2.05) is 6.26 Å². The van der Waals surface area contributed by atoms with Gasteiger partial charge in [-0.1, -0.05) is 6.07 Å². The summed E-state index contributed by atoms with van der Waals surface area (Å²) in [6.45, 7) is 0.763. The normalized spacial score (nSPS) is 9.88. The molecule has 0 fully saturated rings. The zero-order chi connectivity index (χ0) is 12.0. The first-order valence-electron chi connectivity index (χ1n) is 4.90. The maximum atomic E-state index is 11.5. The Balaban J connectivity index is 2.90. The Hall–Kier alpha value is -1.36. The highest BCUT2D eigenvalue weighted by Gasteiger charge is 2.13. The van der Waals surface area contributed by atoms with Crippen molar-refractivity contribution >= 4 is 29.1 Å². The molecule has 3 N–H and O–H groups in total. The molecule has 0 saturated heterocycles. The van der Waals surface area contributed by atoms with Crippen molar-refractivity contribution in [2.75, 3.05) is 36.7 Å². The molecule has 0 bridgehead atoms. The second-order valence-electron chi connectivity index (χ2n) is 3.18. The Bertz CT molecular complexity index is 369. The molecule has 0 aliphatic rings. The lowest BCUT2D eigenvalue weighted by molar-refractivity contribution is 0.0602. The van der Waals surface area contributed by atoms with Crippen molar-refractivity contribution in [2.24, 2.45) is 0 Å². The number of ether oxygens (including phenoxy) is 1. The third kappa shape index (κ3) is 3.06. The van der Waals surface area contributed by atoms with Crippen LogP contribution in [0.15, 0.2) is 18.2 Å². The Morgan fingerprint density at radius 3 is 2.94 bits per heavy atom. The molecule has 5 heteroatoms. The summed E-state index contributed by atoms with van der Waals surface area (Å²) >= 11 is 1.73. The van der Waals surface area contributed by atoms with Gasteiger partial charge in [0.05, 0.1) is 24.0 Å². The second-order valence-corrected chi connectivity index (χ2v) is 4.17. The Morgan fingerprint density at radius 1 is 1.56 bits per heavy atom. The van der Waals surface area contributed by atoms with Crippen LogP contribution in [0.3, 0.4) is 0 Å². The summed E-state index contributed by atoms with van der Waals surface area (Å²) in [6.07, 6.45) is 2.03. The highest BCUT2D eigenvalue weighted by Crippen LogP contribution is 2.23. The number of thioether (sulfide) groups is 1. The minimum Gasteiger partial charge on any atom is -0.465 e. The lowest BCUT2D eigenvalue weighted by atomic mass is 10.1. The summed E-state index contributed by atoms with van der Waals surface area (Å²) in [4.78, 5) is 11.5. The fourth-order valence-corrected chi connectivity index (χ4v) is 1.63. The van der Waals surface area contributed by atoms with E-state index in [1.54, 1.807) is 30.0 Å². The number of nitrogen functional groups attached to an aromatic ring is 1. The largest absolute Gasteiger partial charge is 0.465 e. The molecule has 16 heavy (non-hydrogen) atoms. The maximum Gasteiger partial charge on any atom is 0.340 e. The van der Waals surface area contributed by atoms with Gasteiger partial charge in [0.2, 0.25) is 0 Å². The zero-order valence-electron chi connectivity index (χ0n) is 9.45. The lowest BCUT2D eigenvalue weighted by Crippen LogP contribution is -2.12. The summed E-state index contributed by atoms with van der Waals surface area (Å²) in [5, 5.41) is 3.15. The predicted octanol–water partition coefficient (Wildman–Crippen LogP) is 1.83. The van der Waals surface area contributed by atoms with Crippen LogP contribution in [0.25, 0.3) is 0 Å². The summed E-state index contributed by atoms with van der Waals surface area (Å²) < 4.78 is 4.70. The van der Waals surface area contributed by atoms with Crippen LogP contribution in [0, 0.1) is 0 Å². The number of rotatable bonds is 5. The highest BCUT2D eigenvalue weighted by atomic mass is 32.2. The van der Waals surface area contributed by atoms with Gasteiger partial charge < -0.3 is 15.8 Å². The number of hydrogen-bond acceptors (Lipinski definition) is 5. The number of carbonyl (C=O) groups excluding carboxylic acids is 1. The number of nitrogens with one attached hydrogen (secondary N) is 1. The lowest BCUT2D eigenvalue weighted by Gasteiger charge is -2.12. The third-order valence-electron chi connectivity index (χ3n) is 2.11. The van der Waals surface area contributed by atoms with E-state index < -0.39 is 0 Å². The van der Waals surface area contributed by atoms with Crippen LogP contribution < -0.4 is 11.1 Å². The van der Waals surface area contributed by atoms with Gasteiger partial charge in [-0.3, -0.25) is 0 Å². The molecule has 4 nitrogen and oxygen atoms in total. The van der Waals surface area contributed by atoms with Gasteiger partial charge in [0.25, 0.3) is 0 Å². The average Bonchev–Trinajstić information content (AvgIpc) is 2.30. The SMILES string of the molecule is COC(=O)c1cccc(N)c1NCCSC. The number of carbonyl (C=O) groups is 1.